The molecule has 3 heteroatoms. The van der Waals surface area contributed by atoms with E-state index >= 15 is 0 Å². The normalized spacial score (nSPS) is 20.6. The number of anilines is 1. The highest BCUT2D eigenvalue weighted by Gasteiger charge is 2.42. The van der Waals surface area contributed by atoms with E-state index in [1.165, 1.54) is 15.7 Å². The van der Waals surface area contributed by atoms with E-state index in [4.69, 9.17) is 0 Å². The van der Waals surface area contributed by atoms with Gasteiger partial charge in [-0.2, -0.15) is 0 Å². The lowest BCUT2D eigenvalue weighted by Crippen LogP contribution is -2.43. The van der Waals surface area contributed by atoms with E-state index in [1.54, 1.807) is 0 Å². The fourth-order valence-electron chi connectivity index (χ4n) is 3.30. The molecule has 2 nitrogen and oxygen atoms in total. The molecule has 0 saturated carbocycles. The summed E-state index contributed by atoms with van der Waals surface area (Å²) in [5.74, 6) is 0. The summed E-state index contributed by atoms with van der Waals surface area (Å²) in [4.78, 5) is 5.08. The minimum Gasteiger partial charge on any atom is -0.366 e. The van der Waals surface area contributed by atoms with Crippen LogP contribution >= 0.6 is 15.9 Å². The van der Waals surface area contributed by atoms with Crippen LogP contribution in [-0.2, 0) is 5.41 Å². The lowest BCUT2D eigenvalue weighted by atomic mass is 9.81. The number of halogens is 1. The van der Waals surface area contributed by atoms with E-state index in [0.29, 0.717) is 6.04 Å². The van der Waals surface area contributed by atoms with Crippen LogP contribution in [-0.4, -0.2) is 37.1 Å². The number of likely N-dealkylation sites (N-methyl/N-ethyl adjacent to an activating group) is 1. The number of fused-ring (bicyclic) bond motifs is 1. The highest BCUT2D eigenvalue weighted by atomic mass is 79.9. The van der Waals surface area contributed by atoms with Gasteiger partial charge in [0.15, 0.2) is 0 Å². The van der Waals surface area contributed by atoms with Crippen molar-refractivity contribution in [2.75, 3.05) is 31.1 Å². The molecule has 2 rings (SSSR count). The van der Waals surface area contributed by atoms with Crippen molar-refractivity contribution in [3.05, 3.63) is 28.2 Å². The minimum atomic E-state index is 0.193. The average Bonchev–Trinajstić information content (AvgIpc) is 2.61. The van der Waals surface area contributed by atoms with Gasteiger partial charge in [0.05, 0.1) is 0 Å². The van der Waals surface area contributed by atoms with Crippen molar-refractivity contribution in [1.82, 2.24) is 4.90 Å². The molecular weight excluding hydrogens is 312 g/mol. The van der Waals surface area contributed by atoms with Crippen molar-refractivity contribution in [2.45, 2.75) is 46.1 Å². The Morgan fingerprint density at radius 1 is 1.25 bits per heavy atom. The standard InChI is InChI=1S/C17H27BrN2/c1-6-19(7-2)11-12-20-13(3)17(4,5)16-14(18)9-8-10-15(16)20/h8-10,13H,6-7,11-12H2,1-5H3/t13-/m1/s1. The van der Waals surface area contributed by atoms with Crippen LogP contribution in [0.3, 0.4) is 0 Å². The monoisotopic (exact) mass is 338 g/mol. The van der Waals surface area contributed by atoms with Crippen LogP contribution in [0.5, 0.6) is 0 Å². The van der Waals surface area contributed by atoms with Gasteiger partial charge in [-0.3, -0.25) is 0 Å². The molecular formula is C17H27BrN2. The number of rotatable bonds is 5. The summed E-state index contributed by atoms with van der Waals surface area (Å²) in [6, 6.07) is 7.13. The van der Waals surface area contributed by atoms with Crippen LogP contribution in [0.4, 0.5) is 5.69 Å². The minimum absolute atomic E-state index is 0.193. The first kappa shape index (κ1) is 15.8. The Labute approximate surface area is 132 Å². The van der Waals surface area contributed by atoms with Crippen LogP contribution in [0.25, 0.3) is 0 Å². The van der Waals surface area contributed by atoms with Crippen molar-refractivity contribution in [2.24, 2.45) is 0 Å². The van der Waals surface area contributed by atoms with Gasteiger partial charge in [0.2, 0.25) is 0 Å². The molecule has 1 heterocycles. The number of nitrogens with zero attached hydrogens (tertiary/aromatic N) is 2. The molecule has 20 heavy (non-hydrogen) atoms. The molecule has 0 unspecified atom stereocenters. The summed E-state index contributed by atoms with van der Waals surface area (Å²) in [5, 5.41) is 0. The highest BCUT2D eigenvalue weighted by Crippen LogP contribution is 2.48. The second-order valence-electron chi connectivity index (χ2n) is 6.25. The van der Waals surface area contributed by atoms with Gasteiger partial charge in [-0.25, -0.2) is 0 Å². The van der Waals surface area contributed by atoms with Gasteiger partial charge in [-0.05, 0) is 37.7 Å². The largest absolute Gasteiger partial charge is 0.366 e. The summed E-state index contributed by atoms with van der Waals surface area (Å²) in [6.07, 6.45) is 0. The highest BCUT2D eigenvalue weighted by molar-refractivity contribution is 9.10. The second-order valence-corrected chi connectivity index (χ2v) is 7.11. The fraction of sp³-hybridized carbons (Fsp3) is 0.647. The topological polar surface area (TPSA) is 6.48 Å². The predicted molar refractivity (Wildman–Crippen MR) is 91.8 cm³/mol. The third-order valence-corrected chi connectivity index (χ3v) is 5.67. The predicted octanol–water partition coefficient (Wildman–Crippen LogP) is 4.28. The van der Waals surface area contributed by atoms with Gasteiger partial charge >= 0.3 is 0 Å². The van der Waals surface area contributed by atoms with E-state index in [-0.39, 0.29) is 5.41 Å². The molecule has 1 aromatic rings. The van der Waals surface area contributed by atoms with E-state index < -0.39 is 0 Å². The molecule has 0 spiro atoms. The van der Waals surface area contributed by atoms with Crippen LogP contribution in [0.1, 0.15) is 40.2 Å². The maximum Gasteiger partial charge on any atom is 0.0419 e. The molecule has 1 aliphatic rings. The lowest BCUT2D eigenvalue weighted by molar-refractivity contribution is 0.303. The smallest absolute Gasteiger partial charge is 0.0419 e. The summed E-state index contributed by atoms with van der Waals surface area (Å²) >= 11 is 3.75. The Kier molecular flexibility index (Phi) is 4.80. The van der Waals surface area contributed by atoms with Gasteiger partial charge in [-0.1, -0.05) is 49.7 Å². The van der Waals surface area contributed by atoms with Crippen molar-refractivity contribution >= 4 is 21.6 Å². The summed E-state index contributed by atoms with van der Waals surface area (Å²) in [7, 11) is 0. The molecule has 0 saturated heterocycles. The first-order valence-electron chi connectivity index (χ1n) is 7.71. The Morgan fingerprint density at radius 3 is 2.50 bits per heavy atom. The Bertz CT molecular complexity index is 466. The number of benzene rings is 1. The Hall–Kier alpha value is -0.540. The van der Waals surface area contributed by atoms with Gasteiger partial charge in [0.1, 0.15) is 0 Å². The summed E-state index contributed by atoms with van der Waals surface area (Å²) < 4.78 is 1.25. The molecule has 0 aromatic heterocycles. The zero-order valence-corrected chi connectivity index (χ0v) is 15.0. The van der Waals surface area contributed by atoms with Crippen LogP contribution < -0.4 is 4.90 Å². The van der Waals surface area contributed by atoms with Crippen LogP contribution in [0, 0.1) is 0 Å². The third-order valence-electron chi connectivity index (χ3n) is 5.01. The third kappa shape index (κ3) is 2.62. The van der Waals surface area contributed by atoms with Gasteiger partial charge in [0, 0.05) is 34.7 Å². The van der Waals surface area contributed by atoms with Crippen molar-refractivity contribution in [1.29, 1.82) is 0 Å². The number of hydrogen-bond donors (Lipinski definition) is 0. The molecule has 1 aliphatic heterocycles. The molecule has 0 fully saturated rings. The molecule has 0 radical (unpaired) electrons. The first-order chi connectivity index (χ1) is 9.43. The van der Waals surface area contributed by atoms with E-state index in [2.05, 4.69) is 78.5 Å². The quantitative estimate of drug-likeness (QED) is 0.790. The van der Waals surface area contributed by atoms with Gasteiger partial charge < -0.3 is 9.80 Å². The first-order valence-corrected chi connectivity index (χ1v) is 8.50. The number of hydrogen-bond acceptors (Lipinski definition) is 2. The van der Waals surface area contributed by atoms with E-state index in [0.717, 1.165) is 26.2 Å². The maximum atomic E-state index is 3.75. The Balaban J connectivity index is 2.26. The zero-order valence-electron chi connectivity index (χ0n) is 13.4. The molecule has 0 bridgehead atoms. The van der Waals surface area contributed by atoms with Crippen molar-refractivity contribution in [3.8, 4) is 0 Å². The van der Waals surface area contributed by atoms with E-state index in [9.17, 15) is 0 Å². The Morgan fingerprint density at radius 2 is 1.90 bits per heavy atom. The lowest BCUT2D eigenvalue weighted by Gasteiger charge is -2.33. The molecule has 112 valence electrons. The van der Waals surface area contributed by atoms with Crippen molar-refractivity contribution < 1.29 is 0 Å². The second kappa shape index (κ2) is 6.07. The van der Waals surface area contributed by atoms with Crippen molar-refractivity contribution in [3.63, 3.8) is 0 Å². The molecule has 0 amide bonds. The summed E-state index contributed by atoms with van der Waals surface area (Å²) in [5.41, 5.74) is 3.06. The van der Waals surface area contributed by atoms with Crippen LogP contribution in [0.2, 0.25) is 0 Å². The average molecular weight is 339 g/mol. The molecule has 1 aromatic carbocycles. The van der Waals surface area contributed by atoms with Gasteiger partial charge in [0.25, 0.3) is 0 Å². The molecule has 1 atom stereocenters. The molecule has 0 aliphatic carbocycles. The maximum absolute atomic E-state index is 3.75. The SMILES string of the molecule is CCN(CC)CCN1c2cccc(Br)c2C(C)(C)[C@H]1C. The molecule has 0 N–H and O–H groups in total. The fourth-order valence-corrected chi connectivity index (χ4v) is 4.17. The summed E-state index contributed by atoms with van der Waals surface area (Å²) in [6.45, 7) is 16.1. The van der Waals surface area contributed by atoms with Crippen LogP contribution in [0.15, 0.2) is 22.7 Å². The van der Waals surface area contributed by atoms with E-state index in [1.807, 2.05) is 0 Å². The van der Waals surface area contributed by atoms with Gasteiger partial charge in [-0.15, -0.1) is 0 Å². The zero-order chi connectivity index (χ0) is 14.9.